The van der Waals surface area contributed by atoms with Gasteiger partial charge in [0.2, 0.25) is 0 Å². The summed E-state index contributed by atoms with van der Waals surface area (Å²) in [4.78, 5) is 36.0. The van der Waals surface area contributed by atoms with Crippen LogP contribution in [0.4, 0.5) is 0 Å². The van der Waals surface area contributed by atoms with Gasteiger partial charge in [0.25, 0.3) is 5.91 Å². The van der Waals surface area contributed by atoms with E-state index < -0.39 is 5.97 Å². The molecule has 0 radical (unpaired) electrons. The lowest BCUT2D eigenvalue weighted by Gasteiger charge is -2.06. The third-order valence-electron chi connectivity index (χ3n) is 4.17. The van der Waals surface area contributed by atoms with Gasteiger partial charge in [-0.15, -0.1) is 0 Å². The maximum Gasteiger partial charge on any atom is 0.340 e. The van der Waals surface area contributed by atoms with Gasteiger partial charge < -0.3 is 14.5 Å². The molecular weight excluding hydrogens is 344 g/mol. The molecule has 6 nitrogen and oxygen atoms in total. The zero-order chi connectivity index (χ0) is 19.2. The second-order valence-electron chi connectivity index (χ2n) is 6.12. The van der Waals surface area contributed by atoms with Crippen LogP contribution >= 0.6 is 0 Å². The van der Waals surface area contributed by atoms with E-state index in [0.29, 0.717) is 24.2 Å². The third kappa shape index (κ3) is 4.41. The first kappa shape index (κ1) is 18.4. The molecule has 0 saturated heterocycles. The second-order valence-corrected chi connectivity index (χ2v) is 6.12. The summed E-state index contributed by atoms with van der Waals surface area (Å²) in [7, 11) is 0. The third-order valence-corrected chi connectivity index (χ3v) is 4.17. The molecule has 0 spiro atoms. The maximum atomic E-state index is 12.4. The molecule has 27 heavy (non-hydrogen) atoms. The number of hydrogen-bond donors (Lipinski definition) is 1. The minimum atomic E-state index is -0.635. The Hall–Kier alpha value is -3.41. The van der Waals surface area contributed by atoms with E-state index in [-0.39, 0.29) is 23.9 Å². The van der Waals surface area contributed by atoms with Crippen LogP contribution in [-0.4, -0.2) is 35.2 Å². The van der Waals surface area contributed by atoms with Crippen LogP contribution in [0.2, 0.25) is 0 Å². The zero-order valence-corrected chi connectivity index (χ0v) is 15.0. The van der Waals surface area contributed by atoms with Gasteiger partial charge in [0.1, 0.15) is 0 Å². The lowest BCUT2D eigenvalue weighted by atomic mass is 10.1. The number of ether oxygens (including phenoxy) is 1. The number of pyridine rings is 1. The Bertz CT molecular complexity index is 976. The topological polar surface area (TPSA) is 76.9 Å². The van der Waals surface area contributed by atoms with E-state index in [4.69, 9.17) is 4.74 Å². The number of hydrogen-bond acceptors (Lipinski definition) is 4. The van der Waals surface area contributed by atoms with Gasteiger partial charge in [-0.25, -0.2) is 4.79 Å². The van der Waals surface area contributed by atoms with Crippen molar-refractivity contribution in [1.29, 1.82) is 0 Å². The molecule has 0 aliphatic rings. The van der Waals surface area contributed by atoms with Crippen LogP contribution in [0.3, 0.4) is 0 Å². The van der Waals surface area contributed by atoms with E-state index >= 15 is 0 Å². The summed E-state index contributed by atoms with van der Waals surface area (Å²) in [6.45, 7) is 1.53. The standard InChI is InChI=1S/C21H20N2O4/c1-15(24)19-13-17(18-9-5-6-12-23(18)19)21(26)27-14-20(25)22-11-10-16-7-3-2-4-8-16/h2-9,12-13H,10-11,14H2,1H3,(H,22,25). The van der Waals surface area contributed by atoms with Crippen LogP contribution in [0.15, 0.2) is 60.8 Å². The lowest BCUT2D eigenvalue weighted by Crippen LogP contribution is -2.30. The van der Waals surface area contributed by atoms with Gasteiger partial charge in [-0.3, -0.25) is 9.59 Å². The number of carbonyl (C=O) groups excluding carboxylic acids is 3. The highest BCUT2D eigenvalue weighted by molar-refractivity contribution is 6.03. The Morgan fingerprint density at radius 3 is 2.52 bits per heavy atom. The number of carbonyl (C=O) groups is 3. The van der Waals surface area contributed by atoms with Crippen LogP contribution in [0.5, 0.6) is 0 Å². The lowest BCUT2D eigenvalue weighted by molar-refractivity contribution is -0.124. The second kappa shape index (κ2) is 8.31. The molecule has 138 valence electrons. The number of aromatic nitrogens is 1. The van der Waals surface area contributed by atoms with Gasteiger partial charge in [0.05, 0.1) is 16.8 Å². The van der Waals surface area contributed by atoms with Gasteiger partial charge in [0.15, 0.2) is 12.4 Å². The number of nitrogens with one attached hydrogen (secondary N) is 1. The van der Waals surface area contributed by atoms with E-state index in [2.05, 4.69) is 5.32 Å². The summed E-state index contributed by atoms with van der Waals surface area (Å²) >= 11 is 0. The molecule has 3 aromatic rings. The average Bonchev–Trinajstić information content (AvgIpc) is 3.07. The van der Waals surface area contributed by atoms with Crippen molar-refractivity contribution in [2.24, 2.45) is 0 Å². The predicted molar refractivity (Wildman–Crippen MR) is 101 cm³/mol. The number of nitrogens with zero attached hydrogens (tertiary/aromatic N) is 1. The largest absolute Gasteiger partial charge is 0.452 e. The van der Waals surface area contributed by atoms with Crippen molar-refractivity contribution in [2.45, 2.75) is 13.3 Å². The van der Waals surface area contributed by atoms with E-state index in [9.17, 15) is 14.4 Å². The molecule has 0 fully saturated rings. The van der Waals surface area contributed by atoms with Crippen LogP contribution in [0.1, 0.15) is 33.3 Å². The smallest absolute Gasteiger partial charge is 0.340 e. The fourth-order valence-corrected chi connectivity index (χ4v) is 2.84. The molecule has 3 rings (SSSR count). The van der Waals surface area contributed by atoms with Crippen molar-refractivity contribution in [1.82, 2.24) is 9.72 Å². The minimum Gasteiger partial charge on any atom is -0.452 e. The number of ketones is 1. The molecule has 0 atom stereocenters. The molecule has 1 aromatic carbocycles. The highest BCUT2D eigenvalue weighted by Gasteiger charge is 2.19. The summed E-state index contributed by atoms with van der Waals surface area (Å²) < 4.78 is 6.76. The molecule has 0 aliphatic carbocycles. The molecule has 1 amide bonds. The van der Waals surface area contributed by atoms with Crippen LogP contribution < -0.4 is 5.32 Å². The number of fused-ring (bicyclic) bond motifs is 1. The number of esters is 1. The Balaban J connectivity index is 1.57. The summed E-state index contributed by atoms with van der Waals surface area (Å²) in [5.41, 5.74) is 2.34. The van der Waals surface area contributed by atoms with Gasteiger partial charge in [0, 0.05) is 19.7 Å². The molecule has 0 bridgehead atoms. The molecule has 0 unspecified atom stereocenters. The molecule has 0 saturated carbocycles. The van der Waals surface area contributed by atoms with Gasteiger partial charge in [-0.1, -0.05) is 36.4 Å². The van der Waals surface area contributed by atoms with Gasteiger partial charge in [-0.05, 0) is 30.2 Å². The highest BCUT2D eigenvalue weighted by Crippen LogP contribution is 2.18. The van der Waals surface area contributed by atoms with Crippen molar-refractivity contribution < 1.29 is 19.1 Å². The number of Topliss-reactive ketones (excluding diaryl/α,β-unsaturated/α-hetero) is 1. The first-order chi connectivity index (χ1) is 13.1. The van der Waals surface area contributed by atoms with Crippen molar-refractivity contribution >= 4 is 23.2 Å². The minimum absolute atomic E-state index is 0.158. The fraction of sp³-hybridized carbons (Fsp3) is 0.190. The van der Waals surface area contributed by atoms with Crippen LogP contribution in [-0.2, 0) is 16.0 Å². The molecule has 2 aromatic heterocycles. The summed E-state index contributed by atoms with van der Waals surface area (Å²) in [6, 6.07) is 16.5. The first-order valence-electron chi connectivity index (χ1n) is 8.65. The van der Waals surface area contributed by atoms with Crippen molar-refractivity contribution in [3.05, 3.63) is 77.6 Å². The maximum absolute atomic E-state index is 12.4. The van der Waals surface area contributed by atoms with Crippen LogP contribution in [0, 0.1) is 0 Å². The van der Waals surface area contributed by atoms with E-state index in [1.54, 1.807) is 28.8 Å². The quantitative estimate of drug-likeness (QED) is 0.516. The average molecular weight is 364 g/mol. The highest BCUT2D eigenvalue weighted by atomic mass is 16.5. The van der Waals surface area contributed by atoms with Gasteiger partial charge >= 0.3 is 5.97 Å². The predicted octanol–water partition coefficient (Wildman–Crippen LogP) is 2.66. The number of amides is 1. The summed E-state index contributed by atoms with van der Waals surface area (Å²) in [5, 5.41) is 2.72. The van der Waals surface area contributed by atoms with Crippen molar-refractivity contribution in [2.75, 3.05) is 13.2 Å². The summed E-state index contributed by atoms with van der Waals surface area (Å²) in [5.74, 6) is -1.16. The number of rotatable bonds is 7. The Morgan fingerprint density at radius 2 is 1.78 bits per heavy atom. The normalized spacial score (nSPS) is 10.6. The van der Waals surface area contributed by atoms with E-state index in [1.165, 1.54) is 13.0 Å². The van der Waals surface area contributed by atoms with E-state index in [1.807, 2.05) is 30.3 Å². The number of benzene rings is 1. The van der Waals surface area contributed by atoms with Crippen molar-refractivity contribution in [3.8, 4) is 0 Å². The fourth-order valence-electron chi connectivity index (χ4n) is 2.84. The zero-order valence-electron chi connectivity index (χ0n) is 15.0. The van der Waals surface area contributed by atoms with E-state index in [0.717, 1.165) is 5.56 Å². The SMILES string of the molecule is CC(=O)c1cc(C(=O)OCC(=O)NCCc2ccccc2)c2ccccn12. The van der Waals surface area contributed by atoms with Gasteiger partial charge in [-0.2, -0.15) is 0 Å². The Labute approximate surface area is 156 Å². The molecule has 6 heteroatoms. The molecular formula is C21H20N2O4. The molecule has 0 aliphatic heterocycles. The molecule has 1 N–H and O–H groups in total. The molecule has 2 heterocycles. The Morgan fingerprint density at radius 1 is 1.04 bits per heavy atom. The Kier molecular flexibility index (Phi) is 5.66. The summed E-state index contributed by atoms with van der Waals surface area (Å²) in [6.07, 6.45) is 2.41. The van der Waals surface area contributed by atoms with Crippen molar-refractivity contribution in [3.63, 3.8) is 0 Å². The first-order valence-corrected chi connectivity index (χ1v) is 8.65. The van der Waals surface area contributed by atoms with Crippen LogP contribution in [0.25, 0.3) is 5.52 Å². The monoisotopic (exact) mass is 364 g/mol.